The van der Waals surface area contributed by atoms with Gasteiger partial charge in [-0.25, -0.2) is 0 Å². The maximum Gasteiger partial charge on any atom is 0.265 e. The van der Waals surface area contributed by atoms with Crippen molar-refractivity contribution in [2.45, 2.75) is 70.4 Å². The van der Waals surface area contributed by atoms with Crippen LogP contribution >= 0.6 is 11.5 Å². The first kappa shape index (κ1) is 15.9. The highest BCUT2D eigenvalue weighted by molar-refractivity contribution is 7.08. The maximum absolute atomic E-state index is 12.3. The molecule has 6 heteroatoms. The second-order valence-corrected chi connectivity index (χ2v) is 7.39. The molecule has 1 aromatic heterocycles. The van der Waals surface area contributed by atoms with Crippen LogP contribution in [-0.4, -0.2) is 45.6 Å². The molecule has 0 radical (unpaired) electrons. The highest BCUT2D eigenvalue weighted by Crippen LogP contribution is 2.25. The first-order valence-corrected chi connectivity index (χ1v) is 9.35. The molecule has 0 spiro atoms. The third-order valence-electron chi connectivity index (χ3n) is 4.99. The quantitative estimate of drug-likeness (QED) is 0.869. The van der Waals surface area contributed by atoms with Gasteiger partial charge in [-0.3, -0.25) is 9.69 Å². The van der Waals surface area contributed by atoms with Crippen molar-refractivity contribution in [2.24, 2.45) is 0 Å². The van der Waals surface area contributed by atoms with Gasteiger partial charge in [0, 0.05) is 18.6 Å². The van der Waals surface area contributed by atoms with Gasteiger partial charge in [-0.1, -0.05) is 30.2 Å². The average Bonchev–Trinajstić information content (AvgIpc) is 2.78. The van der Waals surface area contributed by atoms with E-state index in [9.17, 15) is 4.79 Å². The Hall–Kier alpha value is -1.01. The minimum Gasteiger partial charge on any atom is -0.347 e. The molecule has 0 aromatic carbocycles. The fourth-order valence-corrected chi connectivity index (χ4v) is 4.33. The number of piperidine rings is 1. The Morgan fingerprint density at radius 3 is 2.64 bits per heavy atom. The van der Waals surface area contributed by atoms with Gasteiger partial charge in [-0.05, 0) is 50.7 Å². The zero-order valence-corrected chi connectivity index (χ0v) is 14.2. The molecule has 2 heterocycles. The number of amides is 1. The van der Waals surface area contributed by atoms with Crippen LogP contribution in [-0.2, 0) is 0 Å². The minimum atomic E-state index is 0.000200. The van der Waals surface area contributed by atoms with E-state index in [4.69, 9.17) is 0 Å². The number of carbonyl (C=O) groups excluding carboxylic acids is 1. The molecule has 1 aliphatic carbocycles. The fourth-order valence-electron chi connectivity index (χ4n) is 3.77. The number of hydrogen-bond donors (Lipinski definition) is 1. The van der Waals surface area contributed by atoms with Gasteiger partial charge >= 0.3 is 0 Å². The normalized spacial score (nSPS) is 24.9. The lowest BCUT2D eigenvalue weighted by Crippen LogP contribution is -2.50. The summed E-state index contributed by atoms with van der Waals surface area (Å²) in [6, 6.07) is 1.00. The lowest BCUT2D eigenvalue weighted by molar-refractivity contribution is 0.0863. The molecule has 122 valence electrons. The predicted octanol–water partition coefficient (Wildman–Crippen LogP) is 2.76. The number of likely N-dealkylation sites (tertiary alicyclic amines) is 1. The summed E-state index contributed by atoms with van der Waals surface area (Å²) in [4.78, 5) is 15.6. The van der Waals surface area contributed by atoms with Gasteiger partial charge in [0.25, 0.3) is 5.91 Å². The molecule has 1 amide bonds. The van der Waals surface area contributed by atoms with Crippen molar-refractivity contribution in [1.29, 1.82) is 0 Å². The van der Waals surface area contributed by atoms with Crippen molar-refractivity contribution in [2.75, 3.05) is 13.1 Å². The second-order valence-electron chi connectivity index (χ2n) is 6.64. The monoisotopic (exact) mass is 322 g/mol. The van der Waals surface area contributed by atoms with Crippen LogP contribution < -0.4 is 5.32 Å². The molecular weight excluding hydrogens is 296 g/mol. The van der Waals surface area contributed by atoms with Gasteiger partial charge in [0.1, 0.15) is 4.88 Å². The van der Waals surface area contributed by atoms with Crippen LogP contribution in [0.1, 0.15) is 66.7 Å². The van der Waals surface area contributed by atoms with E-state index >= 15 is 0 Å². The molecule has 0 bridgehead atoms. The minimum absolute atomic E-state index is 0.000200. The molecule has 5 nitrogen and oxygen atoms in total. The molecular formula is C16H26N4OS. The number of nitrogens with zero attached hydrogens (tertiary/aromatic N) is 3. The summed E-state index contributed by atoms with van der Waals surface area (Å²) in [5.74, 6) is 0.000200. The van der Waals surface area contributed by atoms with E-state index < -0.39 is 0 Å². The van der Waals surface area contributed by atoms with Gasteiger partial charge in [0.15, 0.2) is 0 Å². The van der Waals surface area contributed by atoms with Crippen molar-refractivity contribution < 1.29 is 4.79 Å². The third kappa shape index (κ3) is 3.84. The zero-order valence-electron chi connectivity index (χ0n) is 13.4. The molecule has 3 rings (SSSR count). The molecule has 1 aromatic rings. The van der Waals surface area contributed by atoms with E-state index in [1.807, 2.05) is 6.92 Å². The van der Waals surface area contributed by atoms with E-state index in [1.165, 1.54) is 63.0 Å². The highest BCUT2D eigenvalue weighted by Gasteiger charge is 2.28. The number of nitrogens with one attached hydrogen (secondary N) is 1. The average molecular weight is 322 g/mol. The van der Waals surface area contributed by atoms with E-state index in [2.05, 4.69) is 19.8 Å². The number of hydrogen-bond acceptors (Lipinski definition) is 5. The van der Waals surface area contributed by atoms with E-state index in [0.717, 1.165) is 24.7 Å². The van der Waals surface area contributed by atoms with Gasteiger partial charge < -0.3 is 5.32 Å². The van der Waals surface area contributed by atoms with Crippen LogP contribution in [0.4, 0.5) is 0 Å². The number of rotatable bonds is 3. The highest BCUT2D eigenvalue weighted by atomic mass is 32.1. The van der Waals surface area contributed by atoms with Crippen molar-refractivity contribution in [3.8, 4) is 0 Å². The van der Waals surface area contributed by atoms with Crippen molar-refractivity contribution in [3.05, 3.63) is 10.6 Å². The summed E-state index contributed by atoms with van der Waals surface area (Å²) in [6.45, 7) is 4.04. The summed E-state index contributed by atoms with van der Waals surface area (Å²) < 4.78 is 3.86. The number of aromatic nitrogens is 2. The lowest BCUT2D eigenvalue weighted by Gasteiger charge is -2.38. The Kier molecular flexibility index (Phi) is 5.41. The third-order valence-corrected chi connectivity index (χ3v) is 5.81. The summed E-state index contributed by atoms with van der Waals surface area (Å²) in [5, 5.41) is 7.12. The van der Waals surface area contributed by atoms with E-state index in [0.29, 0.717) is 4.88 Å². The smallest absolute Gasteiger partial charge is 0.265 e. The van der Waals surface area contributed by atoms with Crippen LogP contribution in [0.3, 0.4) is 0 Å². The largest absolute Gasteiger partial charge is 0.347 e. The second kappa shape index (κ2) is 7.51. The molecule has 2 fully saturated rings. The molecule has 1 aliphatic heterocycles. The first-order valence-electron chi connectivity index (χ1n) is 8.58. The summed E-state index contributed by atoms with van der Waals surface area (Å²) in [6.07, 6.45) is 10.4. The van der Waals surface area contributed by atoms with Crippen molar-refractivity contribution in [1.82, 2.24) is 19.8 Å². The lowest BCUT2D eigenvalue weighted by atomic mass is 10.00. The Bertz CT molecular complexity index is 496. The summed E-state index contributed by atoms with van der Waals surface area (Å²) in [5.41, 5.74) is 0.735. The molecule has 1 atom stereocenters. The molecule has 1 saturated carbocycles. The van der Waals surface area contributed by atoms with Crippen LogP contribution in [0.15, 0.2) is 0 Å². The van der Waals surface area contributed by atoms with Gasteiger partial charge in [0.05, 0.1) is 5.69 Å². The maximum atomic E-state index is 12.3. The topological polar surface area (TPSA) is 58.1 Å². The van der Waals surface area contributed by atoms with Gasteiger partial charge in [0.2, 0.25) is 0 Å². The molecule has 1 unspecified atom stereocenters. The van der Waals surface area contributed by atoms with E-state index in [-0.39, 0.29) is 11.9 Å². The molecule has 2 aliphatic rings. The summed E-state index contributed by atoms with van der Waals surface area (Å²) >= 11 is 1.19. The standard InChI is InChI=1S/C16H26N4OS/c1-12-15(22-19-18-12)16(21)17-13-7-6-10-20(11-13)14-8-4-2-3-5-9-14/h13-14H,2-11H2,1H3,(H,17,21). The first-order chi connectivity index (χ1) is 10.7. The Morgan fingerprint density at radius 2 is 1.95 bits per heavy atom. The Morgan fingerprint density at radius 1 is 1.18 bits per heavy atom. The number of carbonyl (C=O) groups is 1. The summed E-state index contributed by atoms with van der Waals surface area (Å²) in [7, 11) is 0. The van der Waals surface area contributed by atoms with Crippen LogP contribution in [0.2, 0.25) is 0 Å². The van der Waals surface area contributed by atoms with Crippen LogP contribution in [0.25, 0.3) is 0 Å². The van der Waals surface area contributed by atoms with Gasteiger partial charge in [-0.2, -0.15) is 0 Å². The predicted molar refractivity (Wildman–Crippen MR) is 88.2 cm³/mol. The Labute approximate surface area is 136 Å². The van der Waals surface area contributed by atoms with Crippen molar-refractivity contribution in [3.63, 3.8) is 0 Å². The van der Waals surface area contributed by atoms with E-state index in [1.54, 1.807) is 0 Å². The fraction of sp³-hybridized carbons (Fsp3) is 0.812. The molecule has 22 heavy (non-hydrogen) atoms. The molecule has 1 saturated heterocycles. The van der Waals surface area contributed by atoms with Crippen molar-refractivity contribution >= 4 is 17.4 Å². The SMILES string of the molecule is Cc1nnsc1C(=O)NC1CCCN(C2CCCCCC2)C1. The number of aryl methyl sites for hydroxylation is 1. The zero-order chi connectivity index (χ0) is 15.4. The Balaban J connectivity index is 1.56. The van der Waals surface area contributed by atoms with Crippen LogP contribution in [0, 0.1) is 6.92 Å². The van der Waals surface area contributed by atoms with Gasteiger partial charge in [-0.15, -0.1) is 5.10 Å². The molecule has 1 N–H and O–H groups in total. The van der Waals surface area contributed by atoms with Crippen LogP contribution in [0.5, 0.6) is 0 Å².